The minimum absolute atomic E-state index is 0.372. The fraction of sp³-hybridized carbons (Fsp3) is 0.0833. The summed E-state index contributed by atoms with van der Waals surface area (Å²) in [7, 11) is 0. The van der Waals surface area contributed by atoms with Gasteiger partial charge in [0.25, 0.3) is 0 Å². The number of hydrogen-bond acceptors (Lipinski definition) is 4. The molecule has 0 saturated carbocycles. The zero-order valence-corrected chi connectivity index (χ0v) is 9.06. The van der Waals surface area contributed by atoms with E-state index in [0.29, 0.717) is 11.6 Å². The Labute approximate surface area is 96.7 Å². The van der Waals surface area contributed by atoms with Crippen molar-refractivity contribution in [3.8, 4) is 17.3 Å². The molecule has 0 aliphatic carbocycles. The predicted octanol–water partition coefficient (Wildman–Crippen LogP) is 2.40. The van der Waals surface area contributed by atoms with Gasteiger partial charge in [-0.2, -0.15) is 10.4 Å². The van der Waals surface area contributed by atoms with E-state index in [2.05, 4.69) is 15.2 Å². The number of H-pyrrole nitrogens is 1. The first kappa shape index (κ1) is 9.60. The van der Waals surface area contributed by atoms with Crippen LogP contribution in [0.3, 0.4) is 0 Å². The Morgan fingerprint density at radius 2 is 2.24 bits per heavy atom. The first-order chi connectivity index (χ1) is 8.26. The fourth-order valence-corrected chi connectivity index (χ4v) is 1.74. The molecule has 5 nitrogen and oxygen atoms in total. The van der Waals surface area contributed by atoms with Crippen LogP contribution in [-0.2, 0) is 0 Å². The van der Waals surface area contributed by atoms with E-state index in [9.17, 15) is 0 Å². The summed E-state index contributed by atoms with van der Waals surface area (Å²) in [6, 6.07) is 9.35. The Balaban J connectivity index is 2.14. The smallest absolute Gasteiger partial charge is 0.192 e. The van der Waals surface area contributed by atoms with Crippen molar-refractivity contribution in [1.82, 2.24) is 15.2 Å². The van der Waals surface area contributed by atoms with Gasteiger partial charge in [0.1, 0.15) is 11.6 Å². The minimum atomic E-state index is 0.372. The third kappa shape index (κ3) is 1.56. The third-order valence-corrected chi connectivity index (χ3v) is 2.50. The van der Waals surface area contributed by atoms with E-state index in [0.717, 1.165) is 22.4 Å². The van der Waals surface area contributed by atoms with Crippen LogP contribution in [0.25, 0.3) is 22.4 Å². The maximum Gasteiger partial charge on any atom is 0.192 e. The molecule has 3 rings (SSSR count). The van der Waals surface area contributed by atoms with Crippen LogP contribution in [0.1, 0.15) is 11.6 Å². The molecule has 17 heavy (non-hydrogen) atoms. The quantitative estimate of drug-likeness (QED) is 0.688. The van der Waals surface area contributed by atoms with E-state index >= 15 is 0 Å². The highest BCUT2D eigenvalue weighted by atomic mass is 16.3. The molecule has 0 amide bonds. The first-order valence-corrected chi connectivity index (χ1v) is 5.09. The van der Waals surface area contributed by atoms with Crippen molar-refractivity contribution in [3.05, 3.63) is 35.9 Å². The van der Waals surface area contributed by atoms with Gasteiger partial charge in [-0.3, -0.25) is 5.10 Å². The lowest BCUT2D eigenvalue weighted by molar-refractivity contribution is 0.561. The van der Waals surface area contributed by atoms with E-state index < -0.39 is 0 Å². The number of aromatic amines is 1. The van der Waals surface area contributed by atoms with Gasteiger partial charge in [-0.15, -0.1) is 0 Å². The molecule has 2 heterocycles. The molecule has 0 fully saturated rings. The van der Waals surface area contributed by atoms with Crippen LogP contribution in [0.5, 0.6) is 0 Å². The van der Waals surface area contributed by atoms with Gasteiger partial charge in [0.2, 0.25) is 0 Å². The molecular formula is C12H8N4O. The summed E-state index contributed by atoms with van der Waals surface area (Å²) in [5.74, 6) is 0.638. The zero-order chi connectivity index (χ0) is 11.8. The third-order valence-electron chi connectivity index (χ3n) is 2.50. The van der Waals surface area contributed by atoms with Crippen LogP contribution in [0, 0.1) is 18.3 Å². The van der Waals surface area contributed by atoms with Crippen molar-refractivity contribution in [1.29, 1.82) is 5.26 Å². The summed E-state index contributed by atoms with van der Waals surface area (Å²) in [6.45, 7) is 1.81. The minimum Gasteiger partial charge on any atom is -0.441 e. The van der Waals surface area contributed by atoms with E-state index in [1.165, 1.54) is 0 Å². The molecule has 0 spiro atoms. The van der Waals surface area contributed by atoms with Crippen LogP contribution >= 0.6 is 0 Å². The standard InChI is InChI=1S/C12H8N4O/c1-7-14-11-4-8(2-3-12(11)17-7)10-5-9(6-13)15-16-10/h2-5H,1H3,(H,15,16). The molecule has 0 bridgehead atoms. The lowest BCUT2D eigenvalue weighted by Crippen LogP contribution is -1.78. The monoisotopic (exact) mass is 224 g/mol. The van der Waals surface area contributed by atoms with Crippen LogP contribution in [0.15, 0.2) is 28.7 Å². The van der Waals surface area contributed by atoms with Crippen molar-refractivity contribution < 1.29 is 4.42 Å². The number of oxazole rings is 1. The second-order valence-corrected chi connectivity index (χ2v) is 3.69. The van der Waals surface area contributed by atoms with Crippen molar-refractivity contribution >= 4 is 11.1 Å². The van der Waals surface area contributed by atoms with Gasteiger partial charge in [-0.1, -0.05) is 0 Å². The maximum atomic E-state index is 8.71. The van der Waals surface area contributed by atoms with E-state index in [1.54, 1.807) is 6.07 Å². The molecule has 5 heteroatoms. The van der Waals surface area contributed by atoms with Crippen LogP contribution < -0.4 is 0 Å². The second-order valence-electron chi connectivity index (χ2n) is 3.69. The van der Waals surface area contributed by atoms with Gasteiger partial charge in [0, 0.05) is 18.6 Å². The fourth-order valence-electron chi connectivity index (χ4n) is 1.74. The predicted molar refractivity (Wildman–Crippen MR) is 61.0 cm³/mol. The summed E-state index contributed by atoms with van der Waals surface area (Å²) in [5.41, 5.74) is 3.65. The van der Waals surface area contributed by atoms with Gasteiger partial charge in [-0.05, 0) is 18.2 Å². The number of nitrogens with one attached hydrogen (secondary N) is 1. The van der Waals surface area contributed by atoms with E-state index in [1.807, 2.05) is 31.2 Å². The topological polar surface area (TPSA) is 78.5 Å². The molecule has 0 aliphatic rings. The Bertz CT molecular complexity index is 732. The maximum absolute atomic E-state index is 8.71. The van der Waals surface area contributed by atoms with Crippen molar-refractivity contribution in [2.45, 2.75) is 6.92 Å². The van der Waals surface area contributed by atoms with Gasteiger partial charge in [0.15, 0.2) is 17.2 Å². The molecule has 0 aliphatic heterocycles. The average Bonchev–Trinajstić information content (AvgIpc) is 2.92. The summed E-state index contributed by atoms with van der Waals surface area (Å²) in [4.78, 5) is 4.26. The van der Waals surface area contributed by atoms with Gasteiger partial charge in [-0.25, -0.2) is 4.98 Å². The lowest BCUT2D eigenvalue weighted by Gasteiger charge is -1.95. The summed E-state index contributed by atoms with van der Waals surface area (Å²) in [5, 5.41) is 15.4. The molecule has 82 valence electrons. The highest BCUT2D eigenvalue weighted by Gasteiger charge is 2.07. The Kier molecular flexibility index (Phi) is 1.95. The van der Waals surface area contributed by atoms with E-state index in [-0.39, 0.29) is 0 Å². The SMILES string of the molecule is Cc1nc2cc(-c3cc(C#N)n[nH]3)ccc2o1. The molecule has 3 aromatic rings. The molecule has 0 saturated heterocycles. The van der Waals surface area contributed by atoms with Gasteiger partial charge in [0.05, 0.1) is 5.69 Å². The molecule has 0 unspecified atom stereocenters. The first-order valence-electron chi connectivity index (χ1n) is 5.09. The number of nitriles is 1. The largest absolute Gasteiger partial charge is 0.441 e. The van der Waals surface area contributed by atoms with Crippen molar-refractivity contribution in [3.63, 3.8) is 0 Å². The highest BCUT2D eigenvalue weighted by molar-refractivity contribution is 5.79. The molecule has 2 aromatic heterocycles. The zero-order valence-electron chi connectivity index (χ0n) is 9.06. The Hall–Kier alpha value is -2.61. The summed E-state index contributed by atoms with van der Waals surface area (Å²) >= 11 is 0. The average molecular weight is 224 g/mol. The van der Waals surface area contributed by atoms with Gasteiger partial charge >= 0.3 is 0 Å². The van der Waals surface area contributed by atoms with Crippen LogP contribution in [-0.4, -0.2) is 15.2 Å². The summed E-state index contributed by atoms with van der Waals surface area (Å²) in [6.07, 6.45) is 0. The lowest BCUT2D eigenvalue weighted by atomic mass is 10.1. The Morgan fingerprint density at radius 1 is 1.35 bits per heavy atom. The number of rotatable bonds is 1. The summed E-state index contributed by atoms with van der Waals surface area (Å²) < 4.78 is 5.40. The number of aryl methyl sites for hydroxylation is 1. The number of fused-ring (bicyclic) bond motifs is 1. The van der Waals surface area contributed by atoms with Gasteiger partial charge < -0.3 is 4.42 Å². The Morgan fingerprint density at radius 3 is 3.00 bits per heavy atom. The normalized spacial score (nSPS) is 10.6. The van der Waals surface area contributed by atoms with Crippen molar-refractivity contribution in [2.24, 2.45) is 0 Å². The number of benzene rings is 1. The second kappa shape index (κ2) is 3.46. The number of hydrogen-bond donors (Lipinski definition) is 1. The van der Waals surface area contributed by atoms with E-state index in [4.69, 9.17) is 9.68 Å². The molecule has 0 atom stereocenters. The van der Waals surface area contributed by atoms with Crippen LogP contribution in [0.4, 0.5) is 0 Å². The molecule has 0 radical (unpaired) electrons. The number of nitrogens with zero attached hydrogens (tertiary/aromatic N) is 3. The molecular weight excluding hydrogens is 216 g/mol. The van der Waals surface area contributed by atoms with Crippen LogP contribution in [0.2, 0.25) is 0 Å². The number of aromatic nitrogens is 3. The highest BCUT2D eigenvalue weighted by Crippen LogP contribution is 2.23. The molecule has 1 aromatic carbocycles. The van der Waals surface area contributed by atoms with Crippen molar-refractivity contribution in [2.75, 3.05) is 0 Å². The molecule has 1 N–H and O–H groups in total.